The Morgan fingerprint density at radius 3 is 2.96 bits per heavy atom. The second kappa shape index (κ2) is 10.2. The number of rotatable bonds is 10. The van der Waals surface area contributed by atoms with Gasteiger partial charge in [-0.1, -0.05) is 18.9 Å². The molecule has 1 aromatic carbocycles. The Balaban J connectivity index is 1.69. The monoisotopic (exact) mass is 320 g/mol. The van der Waals surface area contributed by atoms with Crippen LogP contribution in [0, 0.1) is 0 Å². The van der Waals surface area contributed by atoms with E-state index in [1.807, 2.05) is 24.3 Å². The van der Waals surface area contributed by atoms with Crippen LogP contribution in [0.15, 0.2) is 24.3 Å². The maximum Gasteiger partial charge on any atom is 0.224 e. The largest absolute Gasteiger partial charge is 0.491 e. The first-order valence-electron chi connectivity index (χ1n) is 8.62. The number of benzene rings is 1. The molecule has 1 fully saturated rings. The fourth-order valence-electron chi connectivity index (χ4n) is 2.64. The van der Waals surface area contributed by atoms with Crippen molar-refractivity contribution in [3.63, 3.8) is 0 Å². The minimum absolute atomic E-state index is 0.0500. The Kier molecular flexibility index (Phi) is 7.90. The van der Waals surface area contributed by atoms with Gasteiger partial charge in [0, 0.05) is 24.8 Å². The molecular formula is C18H28N2O3. The number of hydrogen-bond acceptors (Lipinski definition) is 4. The average molecular weight is 320 g/mol. The summed E-state index contributed by atoms with van der Waals surface area (Å²) < 4.78 is 11.3. The number of ether oxygens (including phenoxy) is 2. The molecule has 1 amide bonds. The average Bonchev–Trinajstić information content (AvgIpc) is 3.06. The standard InChI is InChI=1S/C18H28N2O3/c19-11-4-2-1-3-10-18(21)20-15-7-5-8-16(13-15)23-14-17-9-6-12-22-17/h5,7-8,13,17H,1-4,6,9-12,14,19H2,(H,20,21). The lowest BCUT2D eigenvalue weighted by Crippen LogP contribution is -2.16. The number of amides is 1. The lowest BCUT2D eigenvalue weighted by molar-refractivity contribution is -0.116. The summed E-state index contributed by atoms with van der Waals surface area (Å²) in [7, 11) is 0. The highest BCUT2D eigenvalue weighted by Crippen LogP contribution is 2.20. The lowest BCUT2D eigenvalue weighted by atomic mass is 10.1. The molecule has 1 aliphatic heterocycles. The molecule has 0 bridgehead atoms. The minimum atomic E-state index is 0.0500. The van der Waals surface area contributed by atoms with Crippen molar-refractivity contribution in [2.75, 3.05) is 25.1 Å². The van der Waals surface area contributed by atoms with E-state index in [0.717, 1.165) is 63.1 Å². The molecule has 128 valence electrons. The molecule has 0 aliphatic carbocycles. The van der Waals surface area contributed by atoms with E-state index in [1.165, 1.54) is 0 Å². The molecule has 1 heterocycles. The van der Waals surface area contributed by atoms with E-state index in [0.29, 0.717) is 13.0 Å². The first-order chi connectivity index (χ1) is 11.3. The number of nitrogens with two attached hydrogens (primary N) is 1. The molecule has 1 saturated heterocycles. The van der Waals surface area contributed by atoms with Gasteiger partial charge in [-0.2, -0.15) is 0 Å². The summed E-state index contributed by atoms with van der Waals surface area (Å²) in [4.78, 5) is 11.9. The van der Waals surface area contributed by atoms with Gasteiger partial charge in [0.2, 0.25) is 5.91 Å². The quantitative estimate of drug-likeness (QED) is 0.650. The van der Waals surface area contributed by atoms with Crippen molar-refractivity contribution in [1.29, 1.82) is 0 Å². The summed E-state index contributed by atoms with van der Waals surface area (Å²) in [6.07, 6.45) is 6.99. The first-order valence-corrected chi connectivity index (χ1v) is 8.62. The van der Waals surface area contributed by atoms with Gasteiger partial charge in [-0.25, -0.2) is 0 Å². The molecule has 3 N–H and O–H groups in total. The Labute approximate surface area is 138 Å². The maximum atomic E-state index is 11.9. The zero-order valence-corrected chi connectivity index (χ0v) is 13.8. The Morgan fingerprint density at radius 1 is 1.30 bits per heavy atom. The van der Waals surface area contributed by atoms with Crippen LogP contribution in [0.1, 0.15) is 44.9 Å². The molecule has 1 aliphatic rings. The Bertz CT molecular complexity index is 473. The lowest BCUT2D eigenvalue weighted by Gasteiger charge is -2.12. The molecule has 1 aromatic rings. The fourth-order valence-corrected chi connectivity index (χ4v) is 2.64. The van der Waals surface area contributed by atoms with Crippen LogP contribution < -0.4 is 15.8 Å². The SMILES string of the molecule is NCCCCCCC(=O)Nc1cccc(OCC2CCCO2)c1. The van der Waals surface area contributed by atoms with Crippen LogP contribution in [0.25, 0.3) is 0 Å². The van der Waals surface area contributed by atoms with Gasteiger partial charge in [0.15, 0.2) is 0 Å². The van der Waals surface area contributed by atoms with Gasteiger partial charge in [-0.15, -0.1) is 0 Å². The summed E-state index contributed by atoms with van der Waals surface area (Å²) in [5.74, 6) is 0.815. The van der Waals surface area contributed by atoms with Gasteiger partial charge < -0.3 is 20.5 Å². The molecule has 1 unspecified atom stereocenters. The molecule has 5 heteroatoms. The van der Waals surface area contributed by atoms with E-state index in [9.17, 15) is 4.79 Å². The van der Waals surface area contributed by atoms with Crippen LogP contribution in [-0.4, -0.2) is 31.8 Å². The van der Waals surface area contributed by atoms with E-state index in [1.54, 1.807) is 0 Å². The van der Waals surface area contributed by atoms with Gasteiger partial charge in [0.1, 0.15) is 12.4 Å². The minimum Gasteiger partial charge on any atom is -0.491 e. The van der Waals surface area contributed by atoms with Crippen molar-refractivity contribution < 1.29 is 14.3 Å². The predicted octanol–water partition coefficient (Wildman–Crippen LogP) is 3.09. The third-order valence-electron chi connectivity index (χ3n) is 3.94. The predicted molar refractivity (Wildman–Crippen MR) is 91.7 cm³/mol. The molecule has 5 nitrogen and oxygen atoms in total. The van der Waals surface area contributed by atoms with Crippen molar-refractivity contribution in [2.24, 2.45) is 5.73 Å². The van der Waals surface area contributed by atoms with Gasteiger partial charge in [0.05, 0.1) is 6.10 Å². The number of unbranched alkanes of at least 4 members (excludes halogenated alkanes) is 3. The third-order valence-corrected chi connectivity index (χ3v) is 3.94. The summed E-state index contributed by atoms with van der Waals surface area (Å²) in [6, 6.07) is 7.53. The highest BCUT2D eigenvalue weighted by molar-refractivity contribution is 5.90. The highest BCUT2D eigenvalue weighted by Gasteiger charge is 2.16. The summed E-state index contributed by atoms with van der Waals surface area (Å²) >= 11 is 0. The fraction of sp³-hybridized carbons (Fsp3) is 0.611. The Morgan fingerprint density at radius 2 is 2.17 bits per heavy atom. The zero-order valence-electron chi connectivity index (χ0n) is 13.8. The van der Waals surface area contributed by atoms with E-state index >= 15 is 0 Å². The molecular weight excluding hydrogens is 292 g/mol. The molecule has 0 spiro atoms. The molecule has 0 radical (unpaired) electrons. The molecule has 0 aromatic heterocycles. The molecule has 0 saturated carbocycles. The number of carbonyl (C=O) groups is 1. The van der Waals surface area contributed by atoms with E-state index in [-0.39, 0.29) is 12.0 Å². The van der Waals surface area contributed by atoms with Gasteiger partial charge in [0.25, 0.3) is 0 Å². The second-order valence-electron chi connectivity index (χ2n) is 5.97. The summed E-state index contributed by atoms with van der Waals surface area (Å²) in [5.41, 5.74) is 6.23. The van der Waals surface area contributed by atoms with Crippen LogP contribution in [0.5, 0.6) is 5.75 Å². The topological polar surface area (TPSA) is 73.6 Å². The third kappa shape index (κ3) is 7.01. The number of hydrogen-bond donors (Lipinski definition) is 2. The van der Waals surface area contributed by atoms with Crippen molar-refractivity contribution in [3.05, 3.63) is 24.3 Å². The van der Waals surface area contributed by atoms with Crippen LogP contribution in [0.2, 0.25) is 0 Å². The number of nitrogens with one attached hydrogen (secondary N) is 1. The Hall–Kier alpha value is -1.59. The number of anilines is 1. The van der Waals surface area contributed by atoms with E-state index < -0.39 is 0 Å². The second-order valence-corrected chi connectivity index (χ2v) is 5.97. The van der Waals surface area contributed by atoms with Crippen molar-refractivity contribution in [2.45, 2.75) is 51.0 Å². The van der Waals surface area contributed by atoms with E-state index in [2.05, 4.69) is 5.32 Å². The summed E-state index contributed by atoms with van der Waals surface area (Å²) in [6.45, 7) is 2.12. The first kappa shape index (κ1) is 17.8. The van der Waals surface area contributed by atoms with Crippen molar-refractivity contribution in [3.8, 4) is 5.75 Å². The van der Waals surface area contributed by atoms with Crippen LogP contribution in [0.3, 0.4) is 0 Å². The van der Waals surface area contributed by atoms with Gasteiger partial charge >= 0.3 is 0 Å². The van der Waals surface area contributed by atoms with Gasteiger partial charge in [-0.3, -0.25) is 4.79 Å². The van der Waals surface area contributed by atoms with Crippen LogP contribution in [0.4, 0.5) is 5.69 Å². The van der Waals surface area contributed by atoms with Gasteiger partial charge in [-0.05, 0) is 44.4 Å². The zero-order chi connectivity index (χ0) is 16.3. The normalized spacial score (nSPS) is 17.2. The molecule has 23 heavy (non-hydrogen) atoms. The maximum absolute atomic E-state index is 11.9. The highest BCUT2D eigenvalue weighted by atomic mass is 16.5. The smallest absolute Gasteiger partial charge is 0.224 e. The van der Waals surface area contributed by atoms with Crippen molar-refractivity contribution >= 4 is 11.6 Å². The van der Waals surface area contributed by atoms with Crippen LogP contribution >= 0.6 is 0 Å². The van der Waals surface area contributed by atoms with E-state index in [4.69, 9.17) is 15.2 Å². The molecule has 2 rings (SSSR count). The summed E-state index contributed by atoms with van der Waals surface area (Å²) in [5, 5.41) is 2.93. The van der Waals surface area contributed by atoms with Crippen molar-refractivity contribution in [1.82, 2.24) is 0 Å². The van der Waals surface area contributed by atoms with Crippen LogP contribution in [-0.2, 0) is 9.53 Å². The number of carbonyl (C=O) groups excluding carboxylic acids is 1. The molecule has 1 atom stereocenters.